The average Bonchev–Trinajstić information content (AvgIpc) is 3.00. The SMILES string of the molecule is COc1ccc(NC(=O)CC(O)(c2nccn2C)C(F)(F)F)cc1OC. The van der Waals surface area contributed by atoms with Gasteiger partial charge in [-0.3, -0.25) is 4.79 Å². The van der Waals surface area contributed by atoms with Gasteiger partial charge in [0.2, 0.25) is 11.5 Å². The molecule has 2 aromatic rings. The van der Waals surface area contributed by atoms with Crippen LogP contribution in [-0.2, 0) is 17.4 Å². The van der Waals surface area contributed by atoms with Gasteiger partial charge in [-0.2, -0.15) is 13.2 Å². The molecule has 1 heterocycles. The quantitative estimate of drug-likeness (QED) is 0.811. The zero-order chi connectivity index (χ0) is 19.5. The summed E-state index contributed by atoms with van der Waals surface area (Å²) in [6.07, 6.45) is -3.99. The van der Waals surface area contributed by atoms with Crippen molar-refractivity contribution >= 4 is 11.6 Å². The zero-order valence-electron chi connectivity index (χ0n) is 14.3. The maximum atomic E-state index is 13.4. The van der Waals surface area contributed by atoms with Gasteiger partial charge in [-0.15, -0.1) is 0 Å². The van der Waals surface area contributed by atoms with E-state index in [1.807, 2.05) is 0 Å². The van der Waals surface area contributed by atoms with Crippen LogP contribution in [0.25, 0.3) is 0 Å². The van der Waals surface area contributed by atoms with Crippen molar-refractivity contribution < 1.29 is 32.5 Å². The molecule has 1 atom stereocenters. The van der Waals surface area contributed by atoms with Crippen molar-refractivity contribution in [3.63, 3.8) is 0 Å². The molecule has 142 valence electrons. The molecule has 1 unspecified atom stereocenters. The van der Waals surface area contributed by atoms with E-state index in [1.165, 1.54) is 45.7 Å². The molecule has 7 nitrogen and oxygen atoms in total. The van der Waals surface area contributed by atoms with E-state index in [4.69, 9.17) is 9.47 Å². The molecule has 10 heteroatoms. The van der Waals surface area contributed by atoms with Gasteiger partial charge in [0.1, 0.15) is 0 Å². The number of rotatable bonds is 6. The minimum Gasteiger partial charge on any atom is -0.493 e. The van der Waals surface area contributed by atoms with E-state index >= 15 is 0 Å². The van der Waals surface area contributed by atoms with Crippen LogP contribution in [0, 0.1) is 0 Å². The van der Waals surface area contributed by atoms with E-state index < -0.39 is 29.9 Å². The number of carbonyl (C=O) groups is 1. The third-order valence-corrected chi connectivity index (χ3v) is 3.74. The average molecular weight is 373 g/mol. The predicted molar refractivity (Wildman–Crippen MR) is 86.0 cm³/mol. The summed E-state index contributed by atoms with van der Waals surface area (Å²) in [4.78, 5) is 15.7. The molecule has 1 aromatic heterocycles. The minimum atomic E-state index is -5.10. The maximum Gasteiger partial charge on any atom is 0.425 e. The molecule has 0 spiro atoms. The van der Waals surface area contributed by atoms with Gasteiger partial charge in [0, 0.05) is 31.2 Å². The number of aliphatic hydroxyl groups is 1. The smallest absolute Gasteiger partial charge is 0.425 e. The molecule has 1 amide bonds. The molecule has 0 aliphatic rings. The first-order chi connectivity index (χ1) is 12.1. The number of halogens is 3. The number of methoxy groups -OCH3 is 2. The Bertz CT molecular complexity index is 791. The fraction of sp³-hybridized carbons (Fsp3) is 0.375. The lowest BCUT2D eigenvalue weighted by molar-refractivity contribution is -0.270. The third kappa shape index (κ3) is 3.74. The number of benzene rings is 1. The Balaban J connectivity index is 2.25. The number of aryl methyl sites for hydroxylation is 1. The summed E-state index contributed by atoms with van der Waals surface area (Å²) in [5, 5.41) is 12.5. The van der Waals surface area contributed by atoms with Crippen LogP contribution in [0.5, 0.6) is 11.5 Å². The van der Waals surface area contributed by atoms with Crippen LogP contribution in [0.1, 0.15) is 12.2 Å². The number of alkyl halides is 3. The van der Waals surface area contributed by atoms with Crippen LogP contribution >= 0.6 is 0 Å². The second kappa shape index (κ2) is 7.24. The zero-order valence-corrected chi connectivity index (χ0v) is 14.3. The highest BCUT2D eigenvalue weighted by atomic mass is 19.4. The first kappa shape index (κ1) is 19.6. The number of ether oxygens (including phenoxy) is 2. The third-order valence-electron chi connectivity index (χ3n) is 3.74. The summed E-state index contributed by atoms with van der Waals surface area (Å²) >= 11 is 0. The second-order valence-electron chi connectivity index (χ2n) is 5.51. The Labute approximate surface area is 147 Å². The number of amides is 1. The van der Waals surface area contributed by atoms with Crippen LogP contribution in [0.3, 0.4) is 0 Å². The molecule has 0 radical (unpaired) electrons. The lowest BCUT2D eigenvalue weighted by Gasteiger charge is -2.29. The lowest BCUT2D eigenvalue weighted by Crippen LogP contribution is -2.46. The number of aromatic nitrogens is 2. The summed E-state index contributed by atoms with van der Waals surface area (Å²) < 4.78 is 51.5. The molecular weight excluding hydrogens is 355 g/mol. The molecule has 0 bridgehead atoms. The summed E-state index contributed by atoms with van der Waals surface area (Å²) in [5.74, 6) is -1.03. The monoisotopic (exact) mass is 373 g/mol. The molecule has 0 fully saturated rings. The van der Waals surface area contributed by atoms with Crippen molar-refractivity contribution in [2.24, 2.45) is 7.05 Å². The summed E-state index contributed by atoms with van der Waals surface area (Å²) in [5.41, 5.74) is -3.23. The van der Waals surface area contributed by atoms with Gasteiger partial charge in [-0.25, -0.2) is 4.98 Å². The van der Waals surface area contributed by atoms with Crippen molar-refractivity contribution in [1.82, 2.24) is 9.55 Å². The molecule has 2 N–H and O–H groups in total. The fourth-order valence-electron chi connectivity index (χ4n) is 2.42. The van der Waals surface area contributed by atoms with Crippen molar-refractivity contribution in [2.45, 2.75) is 18.2 Å². The van der Waals surface area contributed by atoms with E-state index in [-0.39, 0.29) is 5.69 Å². The standard InChI is InChI=1S/C16H18F3N3O4/c1-22-7-6-20-14(22)15(24,16(17,18)19)9-13(23)21-10-4-5-11(25-2)12(8-10)26-3/h4-8,24H,9H2,1-3H3,(H,21,23). The summed E-state index contributed by atoms with van der Waals surface area (Å²) in [7, 11) is 4.10. The maximum absolute atomic E-state index is 13.4. The summed E-state index contributed by atoms with van der Waals surface area (Å²) in [6, 6.07) is 4.32. The van der Waals surface area contributed by atoms with E-state index in [0.717, 1.165) is 10.8 Å². The normalized spacial score (nSPS) is 13.8. The number of hydrogen-bond donors (Lipinski definition) is 2. The highest BCUT2D eigenvalue weighted by Gasteiger charge is 2.58. The number of nitrogens with one attached hydrogen (secondary N) is 1. The lowest BCUT2D eigenvalue weighted by atomic mass is 9.97. The second-order valence-corrected chi connectivity index (χ2v) is 5.51. The van der Waals surface area contributed by atoms with Gasteiger partial charge in [-0.1, -0.05) is 0 Å². The van der Waals surface area contributed by atoms with Crippen LogP contribution in [0.4, 0.5) is 18.9 Å². The number of imidazole rings is 1. The Morgan fingerprint density at radius 2 is 1.92 bits per heavy atom. The van der Waals surface area contributed by atoms with Crippen LogP contribution in [-0.4, -0.2) is 41.0 Å². The topological polar surface area (TPSA) is 85.6 Å². The molecule has 2 rings (SSSR count). The number of hydrogen-bond acceptors (Lipinski definition) is 5. The summed E-state index contributed by atoms with van der Waals surface area (Å²) in [6.45, 7) is 0. The highest BCUT2D eigenvalue weighted by molar-refractivity contribution is 5.91. The van der Waals surface area contributed by atoms with Crippen molar-refractivity contribution in [3.05, 3.63) is 36.4 Å². The van der Waals surface area contributed by atoms with Gasteiger partial charge in [-0.05, 0) is 12.1 Å². The number of carbonyl (C=O) groups excluding carboxylic acids is 1. The van der Waals surface area contributed by atoms with E-state index in [2.05, 4.69) is 10.3 Å². The largest absolute Gasteiger partial charge is 0.493 e. The van der Waals surface area contributed by atoms with Crippen LogP contribution in [0.2, 0.25) is 0 Å². The Morgan fingerprint density at radius 3 is 2.42 bits per heavy atom. The Kier molecular flexibility index (Phi) is 5.45. The molecule has 0 aliphatic heterocycles. The predicted octanol–water partition coefficient (Wildman–Crippen LogP) is 2.22. The van der Waals surface area contributed by atoms with Crippen molar-refractivity contribution in [1.29, 1.82) is 0 Å². The van der Waals surface area contributed by atoms with Gasteiger partial charge in [0.25, 0.3) is 0 Å². The van der Waals surface area contributed by atoms with E-state index in [0.29, 0.717) is 11.5 Å². The minimum absolute atomic E-state index is 0.192. The van der Waals surface area contributed by atoms with E-state index in [1.54, 1.807) is 0 Å². The van der Waals surface area contributed by atoms with Crippen molar-refractivity contribution in [3.8, 4) is 11.5 Å². The van der Waals surface area contributed by atoms with Crippen molar-refractivity contribution in [2.75, 3.05) is 19.5 Å². The Morgan fingerprint density at radius 1 is 1.27 bits per heavy atom. The number of anilines is 1. The van der Waals surface area contributed by atoms with Crippen LogP contribution in [0.15, 0.2) is 30.6 Å². The van der Waals surface area contributed by atoms with Gasteiger partial charge < -0.3 is 24.5 Å². The first-order valence-corrected chi connectivity index (χ1v) is 7.41. The number of nitrogens with zero attached hydrogens (tertiary/aromatic N) is 2. The van der Waals surface area contributed by atoms with Gasteiger partial charge in [0.15, 0.2) is 17.3 Å². The molecular formula is C16H18F3N3O4. The first-order valence-electron chi connectivity index (χ1n) is 7.41. The Hall–Kier alpha value is -2.75. The molecule has 0 aliphatic carbocycles. The van der Waals surface area contributed by atoms with Gasteiger partial charge in [0.05, 0.1) is 20.6 Å². The highest BCUT2D eigenvalue weighted by Crippen LogP contribution is 2.41. The molecule has 1 aromatic carbocycles. The van der Waals surface area contributed by atoms with Gasteiger partial charge >= 0.3 is 6.18 Å². The van der Waals surface area contributed by atoms with Crippen LogP contribution < -0.4 is 14.8 Å². The molecule has 0 saturated heterocycles. The van der Waals surface area contributed by atoms with E-state index in [9.17, 15) is 23.1 Å². The molecule has 26 heavy (non-hydrogen) atoms. The molecule has 0 saturated carbocycles. The fourth-order valence-corrected chi connectivity index (χ4v) is 2.42.